The summed E-state index contributed by atoms with van der Waals surface area (Å²) in [5, 5.41) is 5.78. The Morgan fingerprint density at radius 3 is 2.65 bits per heavy atom. The van der Waals surface area contributed by atoms with E-state index in [9.17, 15) is 0 Å². The molecular formula is C17H28BrNS. The van der Waals surface area contributed by atoms with Gasteiger partial charge in [0.2, 0.25) is 0 Å². The molecule has 1 aromatic heterocycles. The highest BCUT2D eigenvalue weighted by Crippen LogP contribution is 2.35. The smallest absolute Gasteiger partial charge is 0.0285 e. The lowest BCUT2D eigenvalue weighted by molar-refractivity contribution is 0.216. The van der Waals surface area contributed by atoms with E-state index in [0.717, 1.165) is 11.8 Å². The average molecular weight is 358 g/mol. The number of hydrogen-bond acceptors (Lipinski definition) is 2. The van der Waals surface area contributed by atoms with E-state index >= 15 is 0 Å². The topological polar surface area (TPSA) is 12.0 Å². The van der Waals surface area contributed by atoms with Crippen LogP contribution in [0.2, 0.25) is 0 Å². The molecule has 1 saturated carbocycles. The normalized spacial score (nSPS) is 24.8. The van der Waals surface area contributed by atoms with Gasteiger partial charge in [-0.25, -0.2) is 0 Å². The fourth-order valence-corrected chi connectivity index (χ4v) is 5.07. The standard InChI is InChI=1S/C17H28BrNS/c1-3-4-5-13-6-8-14(9-7-13)17(19-2)11-16-10-15(18)12-20-16/h10,12-14,17,19H,3-9,11H2,1-2H3. The van der Waals surface area contributed by atoms with Gasteiger partial charge in [-0.15, -0.1) is 11.3 Å². The molecule has 3 heteroatoms. The third kappa shape index (κ3) is 4.85. The van der Waals surface area contributed by atoms with Gasteiger partial charge in [-0.1, -0.05) is 39.0 Å². The number of likely N-dealkylation sites (N-methyl/N-ethyl adjacent to an activating group) is 1. The molecule has 0 aliphatic heterocycles. The molecule has 0 saturated heterocycles. The lowest BCUT2D eigenvalue weighted by atomic mass is 9.76. The average Bonchev–Trinajstić information content (AvgIpc) is 2.88. The third-order valence-electron chi connectivity index (χ3n) is 4.84. The van der Waals surface area contributed by atoms with Crippen LogP contribution in [-0.2, 0) is 6.42 Å². The molecule has 1 aromatic rings. The molecule has 1 fully saturated rings. The molecule has 1 unspecified atom stereocenters. The first-order chi connectivity index (χ1) is 9.72. The van der Waals surface area contributed by atoms with Gasteiger partial charge in [0.05, 0.1) is 0 Å². The molecule has 114 valence electrons. The van der Waals surface area contributed by atoms with E-state index in [-0.39, 0.29) is 0 Å². The van der Waals surface area contributed by atoms with E-state index in [2.05, 4.69) is 46.7 Å². The van der Waals surface area contributed by atoms with Crippen molar-refractivity contribution in [2.45, 2.75) is 64.3 Å². The Labute approximate surface area is 136 Å². The number of hydrogen-bond donors (Lipinski definition) is 1. The Morgan fingerprint density at radius 1 is 1.35 bits per heavy atom. The third-order valence-corrected chi connectivity index (χ3v) is 6.56. The van der Waals surface area contributed by atoms with Crippen molar-refractivity contribution >= 4 is 27.3 Å². The molecule has 0 bridgehead atoms. The minimum absolute atomic E-state index is 0.660. The summed E-state index contributed by atoms with van der Waals surface area (Å²) >= 11 is 5.44. The molecule has 1 N–H and O–H groups in total. The molecule has 0 amide bonds. The van der Waals surface area contributed by atoms with Crippen molar-refractivity contribution in [3.05, 3.63) is 20.8 Å². The Morgan fingerprint density at radius 2 is 2.10 bits per heavy atom. The fraction of sp³-hybridized carbons (Fsp3) is 0.765. The van der Waals surface area contributed by atoms with Gasteiger partial charge in [-0.3, -0.25) is 0 Å². The van der Waals surface area contributed by atoms with Crippen molar-refractivity contribution in [3.63, 3.8) is 0 Å². The van der Waals surface area contributed by atoms with E-state index in [0.29, 0.717) is 6.04 Å². The molecule has 1 atom stereocenters. The van der Waals surface area contributed by atoms with Crippen LogP contribution >= 0.6 is 27.3 Å². The van der Waals surface area contributed by atoms with Crippen LogP contribution in [0.25, 0.3) is 0 Å². The summed E-state index contributed by atoms with van der Waals surface area (Å²) in [5.41, 5.74) is 0. The van der Waals surface area contributed by atoms with Gasteiger partial charge in [-0.2, -0.15) is 0 Å². The van der Waals surface area contributed by atoms with Gasteiger partial charge >= 0.3 is 0 Å². The maximum atomic E-state index is 3.58. The van der Waals surface area contributed by atoms with Gasteiger partial charge in [0.15, 0.2) is 0 Å². The quantitative estimate of drug-likeness (QED) is 0.665. The number of unbranched alkanes of at least 4 members (excludes halogenated alkanes) is 1. The number of rotatable bonds is 7. The maximum absolute atomic E-state index is 3.58. The van der Waals surface area contributed by atoms with Gasteiger partial charge in [-0.05, 0) is 60.1 Å². The minimum atomic E-state index is 0.660. The maximum Gasteiger partial charge on any atom is 0.0285 e. The molecule has 2 rings (SSSR count). The van der Waals surface area contributed by atoms with Gasteiger partial charge in [0, 0.05) is 20.8 Å². The zero-order chi connectivity index (χ0) is 14.4. The second-order valence-corrected chi connectivity index (χ2v) is 8.17. The predicted octanol–water partition coefficient (Wildman–Crippen LogP) is 5.64. The van der Waals surface area contributed by atoms with Crippen molar-refractivity contribution in [3.8, 4) is 0 Å². The number of halogens is 1. The lowest BCUT2D eigenvalue weighted by Gasteiger charge is -2.33. The van der Waals surface area contributed by atoms with Crippen LogP contribution in [0.1, 0.15) is 56.7 Å². The van der Waals surface area contributed by atoms with Crippen LogP contribution in [0.15, 0.2) is 15.9 Å². The highest BCUT2D eigenvalue weighted by atomic mass is 79.9. The van der Waals surface area contributed by atoms with E-state index < -0.39 is 0 Å². The number of thiophene rings is 1. The van der Waals surface area contributed by atoms with Crippen LogP contribution in [0.5, 0.6) is 0 Å². The van der Waals surface area contributed by atoms with Crippen LogP contribution in [0, 0.1) is 11.8 Å². The summed E-state index contributed by atoms with van der Waals surface area (Å²) in [7, 11) is 2.14. The highest BCUT2D eigenvalue weighted by molar-refractivity contribution is 9.10. The first-order valence-corrected chi connectivity index (χ1v) is 9.80. The summed E-state index contributed by atoms with van der Waals surface area (Å²) < 4.78 is 1.23. The molecule has 20 heavy (non-hydrogen) atoms. The van der Waals surface area contributed by atoms with E-state index in [1.807, 2.05) is 11.3 Å². The second kappa shape index (κ2) is 8.55. The van der Waals surface area contributed by atoms with E-state index in [1.165, 1.54) is 60.7 Å². The van der Waals surface area contributed by atoms with Crippen molar-refractivity contribution in [2.75, 3.05) is 7.05 Å². The zero-order valence-corrected chi connectivity index (χ0v) is 15.2. The van der Waals surface area contributed by atoms with E-state index in [1.54, 1.807) is 0 Å². The molecule has 1 nitrogen and oxygen atoms in total. The minimum Gasteiger partial charge on any atom is -0.316 e. The summed E-state index contributed by atoms with van der Waals surface area (Å²) in [6, 6.07) is 2.94. The summed E-state index contributed by atoms with van der Waals surface area (Å²) in [6.07, 6.45) is 11.2. The Kier molecular flexibility index (Phi) is 7.06. The van der Waals surface area contributed by atoms with Crippen LogP contribution in [0.4, 0.5) is 0 Å². The van der Waals surface area contributed by atoms with Gasteiger partial charge in [0.25, 0.3) is 0 Å². The summed E-state index contributed by atoms with van der Waals surface area (Å²) in [6.45, 7) is 2.31. The van der Waals surface area contributed by atoms with E-state index in [4.69, 9.17) is 0 Å². The molecular weight excluding hydrogens is 330 g/mol. The van der Waals surface area contributed by atoms with Crippen molar-refractivity contribution in [1.82, 2.24) is 5.32 Å². The van der Waals surface area contributed by atoms with Crippen molar-refractivity contribution in [2.24, 2.45) is 11.8 Å². The highest BCUT2D eigenvalue weighted by Gasteiger charge is 2.26. The predicted molar refractivity (Wildman–Crippen MR) is 93.5 cm³/mol. The molecule has 1 aliphatic rings. The largest absolute Gasteiger partial charge is 0.316 e. The van der Waals surface area contributed by atoms with Crippen LogP contribution in [0.3, 0.4) is 0 Å². The van der Waals surface area contributed by atoms with Crippen LogP contribution < -0.4 is 5.32 Å². The zero-order valence-electron chi connectivity index (χ0n) is 12.8. The van der Waals surface area contributed by atoms with Crippen molar-refractivity contribution in [1.29, 1.82) is 0 Å². The molecule has 0 aromatic carbocycles. The van der Waals surface area contributed by atoms with Gasteiger partial charge < -0.3 is 5.32 Å². The number of nitrogens with one attached hydrogen (secondary N) is 1. The Hall–Kier alpha value is 0.140. The Bertz CT molecular complexity index is 382. The fourth-order valence-electron chi connectivity index (χ4n) is 3.55. The molecule has 1 heterocycles. The van der Waals surface area contributed by atoms with Crippen molar-refractivity contribution < 1.29 is 0 Å². The molecule has 0 radical (unpaired) electrons. The first-order valence-electron chi connectivity index (χ1n) is 8.13. The van der Waals surface area contributed by atoms with Gasteiger partial charge in [0.1, 0.15) is 0 Å². The summed E-state index contributed by atoms with van der Waals surface area (Å²) in [5.74, 6) is 1.89. The molecule has 1 aliphatic carbocycles. The first kappa shape index (κ1) is 16.5. The Balaban J connectivity index is 1.81. The lowest BCUT2D eigenvalue weighted by Crippen LogP contribution is -2.37. The molecule has 0 spiro atoms. The monoisotopic (exact) mass is 357 g/mol. The second-order valence-electron chi connectivity index (χ2n) is 6.25. The SMILES string of the molecule is CCCCC1CCC(C(Cc2cc(Br)cs2)NC)CC1. The summed E-state index contributed by atoms with van der Waals surface area (Å²) in [4.78, 5) is 1.50. The van der Waals surface area contributed by atoms with Crippen LogP contribution in [-0.4, -0.2) is 13.1 Å².